The van der Waals surface area contributed by atoms with Crippen LogP contribution in [0.25, 0.3) is 28.2 Å². The quantitative estimate of drug-likeness (QED) is 0.358. The lowest BCUT2D eigenvalue weighted by molar-refractivity contribution is 0.0696. The van der Waals surface area contributed by atoms with E-state index in [4.69, 9.17) is 10.1 Å². The third kappa shape index (κ3) is 4.05. The van der Waals surface area contributed by atoms with Crippen LogP contribution in [0.15, 0.2) is 54.6 Å². The summed E-state index contributed by atoms with van der Waals surface area (Å²) in [5.74, 6) is -0.592. The van der Waals surface area contributed by atoms with Gasteiger partial charge in [-0.15, -0.1) is 0 Å². The van der Waals surface area contributed by atoms with E-state index < -0.39 is 5.97 Å². The fourth-order valence-corrected chi connectivity index (χ4v) is 5.24. The Bertz CT molecular complexity index is 1470. The van der Waals surface area contributed by atoms with Gasteiger partial charge in [-0.1, -0.05) is 57.2 Å². The summed E-state index contributed by atoms with van der Waals surface area (Å²) in [5, 5.41) is 15.8. The predicted octanol–water partition coefficient (Wildman–Crippen LogP) is 6.88. The van der Waals surface area contributed by atoms with Crippen LogP contribution in [0.3, 0.4) is 0 Å². The average Bonchev–Trinajstić information content (AvgIpc) is 3.10. The third-order valence-corrected chi connectivity index (χ3v) is 7.32. The highest BCUT2D eigenvalue weighted by molar-refractivity contribution is 6.06. The van der Waals surface area contributed by atoms with Gasteiger partial charge in [0.05, 0.1) is 28.2 Å². The summed E-state index contributed by atoms with van der Waals surface area (Å²) in [6.07, 6.45) is 3.74. The molecule has 0 aliphatic heterocycles. The summed E-state index contributed by atoms with van der Waals surface area (Å²) in [4.78, 5) is 17.5. The molecule has 0 radical (unpaired) electrons. The number of pyridine rings is 1. The molecule has 5 rings (SSSR count). The molecule has 1 N–H and O–H groups in total. The maximum Gasteiger partial charge on any atom is 0.336 e. The maximum absolute atomic E-state index is 12.5. The number of aromatic carboxylic acids is 1. The van der Waals surface area contributed by atoms with Crippen LogP contribution in [0.5, 0.6) is 0 Å². The normalized spacial score (nSPS) is 17.1. The predicted molar refractivity (Wildman–Crippen MR) is 141 cm³/mol. The maximum atomic E-state index is 12.5. The van der Waals surface area contributed by atoms with Gasteiger partial charge in [-0.2, -0.15) is 5.10 Å². The second kappa shape index (κ2) is 8.49. The third-order valence-electron chi connectivity index (χ3n) is 7.32. The number of hydrogen-bond acceptors (Lipinski definition) is 3. The van der Waals surface area contributed by atoms with Crippen LogP contribution >= 0.6 is 0 Å². The first-order chi connectivity index (χ1) is 16.6. The molecule has 0 bridgehead atoms. The molecule has 4 aromatic rings. The highest BCUT2D eigenvalue weighted by Crippen LogP contribution is 2.45. The molecule has 0 fully saturated rings. The second-order valence-electron chi connectivity index (χ2n) is 10.6. The summed E-state index contributed by atoms with van der Waals surface area (Å²) in [5.41, 5.74) is 7.96. The SMILES string of the molecule is Cc1nn(-c2ccccc2)c(C)c1/C=C1\C[C@H](C(C)(C)C)Cc2c1nc1ccccc1c2C(=O)O. The average molecular weight is 466 g/mol. The van der Waals surface area contributed by atoms with Gasteiger partial charge >= 0.3 is 5.97 Å². The first-order valence-electron chi connectivity index (χ1n) is 12.1. The van der Waals surface area contributed by atoms with E-state index in [1.54, 1.807) is 0 Å². The number of allylic oxidation sites excluding steroid dienone is 1. The number of carboxylic acid groups (broad SMARTS) is 1. The number of aromatic nitrogens is 3. The van der Waals surface area contributed by atoms with Gasteiger partial charge in [-0.05, 0) is 73.4 Å². The summed E-state index contributed by atoms with van der Waals surface area (Å²) in [6.45, 7) is 10.8. The highest BCUT2D eigenvalue weighted by Gasteiger charge is 2.35. The van der Waals surface area contributed by atoms with Gasteiger partial charge in [0.1, 0.15) is 0 Å². The van der Waals surface area contributed by atoms with Gasteiger partial charge in [0.15, 0.2) is 0 Å². The van der Waals surface area contributed by atoms with Gasteiger partial charge in [0.25, 0.3) is 0 Å². The van der Waals surface area contributed by atoms with Crippen LogP contribution in [0.4, 0.5) is 0 Å². The summed E-state index contributed by atoms with van der Waals surface area (Å²) in [7, 11) is 0. The van der Waals surface area contributed by atoms with Crippen molar-refractivity contribution in [3.63, 3.8) is 0 Å². The molecule has 0 amide bonds. The number of carbonyl (C=O) groups is 1. The topological polar surface area (TPSA) is 68.0 Å². The second-order valence-corrected chi connectivity index (χ2v) is 10.6. The molecule has 5 heteroatoms. The van der Waals surface area contributed by atoms with Crippen molar-refractivity contribution in [2.24, 2.45) is 11.3 Å². The molecule has 2 aromatic heterocycles. The smallest absolute Gasteiger partial charge is 0.336 e. The van der Waals surface area contributed by atoms with Crippen LogP contribution in [-0.4, -0.2) is 25.8 Å². The molecule has 178 valence electrons. The molecule has 1 aliphatic carbocycles. The van der Waals surface area contributed by atoms with Crippen molar-refractivity contribution in [1.29, 1.82) is 0 Å². The number of hydrogen-bond donors (Lipinski definition) is 1. The molecule has 0 saturated heterocycles. The summed E-state index contributed by atoms with van der Waals surface area (Å²) >= 11 is 0. The monoisotopic (exact) mass is 465 g/mol. The van der Waals surface area contributed by atoms with E-state index in [9.17, 15) is 9.90 Å². The molecule has 5 nitrogen and oxygen atoms in total. The van der Waals surface area contributed by atoms with Gasteiger partial charge in [-0.3, -0.25) is 0 Å². The molecule has 2 heterocycles. The first-order valence-corrected chi connectivity index (χ1v) is 12.1. The Balaban J connectivity index is 1.75. The van der Waals surface area contributed by atoms with Crippen LogP contribution in [0.1, 0.15) is 65.8 Å². The Morgan fingerprint density at radius 2 is 1.71 bits per heavy atom. The van der Waals surface area contributed by atoms with Crippen LogP contribution in [-0.2, 0) is 6.42 Å². The minimum absolute atomic E-state index is 0.0243. The standard InChI is InChI=1S/C30H31N3O2/c1-18-24(19(2)33(32-18)22-11-7-6-8-12-22)16-20-15-21(30(3,4)5)17-25-27(29(34)35)23-13-9-10-14-26(23)31-28(20)25/h6-14,16,21H,15,17H2,1-5H3,(H,34,35)/b20-16+/t21-/m0/s1. The van der Waals surface area contributed by atoms with Crippen molar-refractivity contribution >= 4 is 28.5 Å². The van der Waals surface area contributed by atoms with E-state index in [1.165, 1.54) is 0 Å². The number of rotatable bonds is 3. The van der Waals surface area contributed by atoms with E-state index in [-0.39, 0.29) is 5.41 Å². The number of carboxylic acids is 1. The lowest BCUT2D eigenvalue weighted by atomic mass is 9.69. The number of fused-ring (bicyclic) bond motifs is 2. The van der Waals surface area contributed by atoms with Gasteiger partial charge in [0.2, 0.25) is 0 Å². The van der Waals surface area contributed by atoms with Crippen LogP contribution < -0.4 is 0 Å². The number of benzene rings is 2. The lowest BCUT2D eigenvalue weighted by Gasteiger charge is -2.36. The molecule has 1 atom stereocenters. The highest BCUT2D eigenvalue weighted by atomic mass is 16.4. The fourth-order valence-electron chi connectivity index (χ4n) is 5.24. The Morgan fingerprint density at radius 1 is 1.03 bits per heavy atom. The Hall–Kier alpha value is -3.73. The van der Waals surface area contributed by atoms with Crippen LogP contribution in [0, 0.1) is 25.2 Å². The Labute approximate surface area is 206 Å². The van der Waals surface area contributed by atoms with Crippen molar-refractivity contribution in [3.8, 4) is 5.69 Å². The molecule has 0 spiro atoms. The van der Waals surface area contributed by atoms with Crippen LogP contribution in [0.2, 0.25) is 0 Å². The number of para-hydroxylation sites is 2. The molecule has 1 aliphatic rings. The largest absolute Gasteiger partial charge is 0.478 e. The lowest BCUT2D eigenvalue weighted by Crippen LogP contribution is -2.28. The fraction of sp³-hybridized carbons (Fsp3) is 0.300. The Kier molecular flexibility index (Phi) is 5.59. The zero-order chi connectivity index (χ0) is 24.9. The Morgan fingerprint density at radius 3 is 2.40 bits per heavy atom. The van der Waals surface area contributed by atoms with E-state index in [2.05, 4.69) is 45.9 Å². The van der Waals surface area contributed by atoms with Gasteiger partial charge in [-0.25, -0.2) is 14.5 Å². The van der Waals surface area contributed by atoms with Gasteiger partial charge < -0.3 is 5.11 Å². The molecular formula is C30H31N3O2. The molecule has 0 unspecified atom stereocenters. The molecule has 0 saturated carbocycles. The molecular weight excluding hydrogens is 434 g/mol. The summed E-state index contributed by atoms with van der Waals surface area (Å²) in [6, 6.07) is 17.7. The van der Waals surface area contributed by atoms with E-state index >= 15 is 0 Å². The van der Waals surface area contributed by atoms with Crippen molar-refractivity contribution in [1.82, 2.24) is 14.8 Å². The zero-order valence-corrected chi connectivity index (χ0v) is 21.0. The summed E-state index contributed by atoms with van der Waals surface area (Å²) < 4.78 is 1.98. The minimum Gasteiger partial charge on any atom is -0.478 e. The molecule has 2 aromatic carbocycles. The van der Waals surface area contributed by atoms with Crippen molar-refractivity contribution in [2.75, 3.05) is 0 Å². The van der Waals surface area contributed by atoms with Crippen molar-refractivity contribution < 1.29 is 9.90 Å². The number of nitrogens with zero attached hydrogens (tertiary/aromatic N) is 3. The molecule has 35 heavy (non-hydrogen) atoms. The minimum atomic E-state index is -0.891. The van der Waals surface area contributed by atoms with Crippen molar-refractivity contribution in [3.05, 3.63) is 88.4 Å². The van der Waals surface area contributed by atoms with E-state index in [0.717, 1.165) is 51.4 Å². The first kappa shape index (κ1) is 23.0. The van der Waals surface area contributed by atoms with E-state index in [0.29, 0.717) is 23.3 Å². The zero-order valence-electron chi connectivity index (χ0n) is 21.0. The van der Waals surface area contributed by atoms with Crippen molar-refractivity contribution in [2.45, 2.75) is 47.5 Å². The number of aryl methyl sites for hydroxylation is 1. The van der Waals surface area contributed by atoms with Gasteiger partial charge in [0, 0.05) is 16.6 Å². The van der Waals surface area contributed by atoms with E-state index in [1.807, 2.05) is 54.1 Å².